The molecule has 0 spiro atoms. The molecule has 0 saturated carbocycles. The van der Waals surface area contributed by atoms with Gasteiger partial charge in [0.15, 0.2) is 0 Å². The van der Waals surface area contributed by atoms with Gasteiger partial charge in [0.05, 0.1) is 17.9 Å². The van der Waals surface area contributed by atoms with Gasteiger partial charge in [-0.3, -0.25) is 4.79 Å². The van der Waals surface area contributed by atoms with Crippen molar-refractivity contribution >= 4 is 16.0 Å². The highest BCUT2D eigenvalue weighted by molar-refractivity contribution is 7.89. The van der Waals surface area contributed by atoms with Gasteiger partial charge in [-0.2, -0.15) is 0 Å². The van der Waals surface area contributed by atoms with E-state index in [0.29, 0.717) is 5.75 Å². The normalized spacial score (nSPS) is 12.0. The summed E-state index contributed by atoms with van der Waals surface area (Å²) in [4.78, 5) is 11.4. The van der Waals surface area contributed by atoms with E-state index in [1.165, 1.54) is 18.2 Å². The molecule has 0 aliphatic heterocycles. The van der Waals surface area contributed by atoms with E-state index in [2.05, 4.69) is 0 Å². The number of sulfonamides is 1. The molecule has 0 aromatic heterocycles. The van der Waals surface area contributed by atoms with Gasteiger partial charge in [0, 0.05) is 6.07 Å². The molecule has 0 bridgehead atoms. The van der Waals surface area contributed by atoms with E-state index in [-0.39, 0.29) is 23.9 Å². The Hall–Kier alpha value is -1.60. The fourth-order valence-electron chi connectivity index (χ4n) is 1.39. The second-order valence-electron chi connectivity index (χ2n) is 5.20. The fourth-order valence-corrected chi connectivity index (χ4v) is 1.93. The minimum atomic E-state index is -3.76. The van der Waals surface area contributed by atoms with Gasteiger partial charge in [0.25, 0.3) is 0 Å². The van der Waals surface area contributed by atoms with Gasteiger partial charge >= 0.3 is 5.97 Å². The zero-order valence-corrected chi connectivity index (χ0v) is 12.6. The van der Waals surface area contributed by atoms with Crippen LogP contribution in [0, 0.1) is 0 Å². The molecule has 1 aromatic carbocycles. The molecule has 6 nitrogen and oxygen atoms in total. The third kappa shape index (κ3) is 6.03. The molecule has 0 saturated heterocycles. The van der Waals surface area contributed by atoms with Crippen LogP contribution in [-0.4, -0.2) is 26.6 Å². The molecule has 2 N–H and O–H groups in total. The van der Waals surface area contributed by atoms with Crippen LogP contribution in [0.2, 0.25) is 0 Å². The maximum atomic E-state index is 11.5. The Kier molecular flexibility index (Phi) is 5.13. The van der Waals surface area contributed by atoms with E-state index in [9.17, 15) is 13.2 Å². The third-order valence-corrected chi connectivity index (χ3v) is 3.04. The number of carbonyl (C=O) groups is 1. The Morgan fingerprint density at radius 1 is 1.30 bits per heavy atom. The zero-order valence-electron chi connectivity index (χ0n) is 11.8. The van der Waals surface area contributed by atoms with Crippen molar-refractivity contribution in [3.8, 4) is 5.75 Å². The van der Waals surface area contributed by atoms with Gasteiger partial charge < -0.3 is 9.47 Å². The summed E-state index contributed by atoms with van der Waals surface area (Å²) >= 11 is 0. The van der Waals surface area contributed by atoms with Crippen LogP contribution in [0.15, 0.2) is 29.2 Å². The second-order valence-corrected chi connectivity index (χ2v) is 6.77. The highest BCUT2D eigenvalue weighted by Gasteiger charge is 2.16. The Morgan fingerprint density at radius 2 is 1.95 bits per heavy atom. The summed E-state index contributed by atoms with van der Waals surface area (Å²) in [7, 11) is -3.76. The van der Waals surface area contributed by atoms with Crippen molar-refractivity contribution in [2.24, 2.45) is 5.14 Å². The first kappa shape index (κ1) is 16.5. The van der Waals surface area contributed by atoms with Crippen molar-refractivity contribution in [3.63, 3.8) is 0 Å². The summed E-state index contributed by atoms with van der Waals surface area (Å²) in [5.41, 5.74) is -0.537. The average molecular weight is 301 g/mol. The predicted molar refractivity (Wildman–Crippen MR) is 73.8 cm³/mol. The highest BCUT2D eigenvalue weighted by atomic mass is 32.2. The first-order valence-electron chi connectivity index (χ1n) is 6.05. The quantitative estimate of drug-likeness (QED) is 0.830. The van der Waals surface area contributed by atoms with Crippen molar-refractivity contribution in [2.75, 3.05) is 6.61 Å². The van der Waals surface area contributed by atoms with Crippen LogP contribution in [0.3, 0.4) is 0 Å². The van der Waals surface area contributed by atoms with Gasteiger partial charge in [-0.05, 0) is 32.9 Å². The summed E-state index contributed by atoms with van der Waals surface area (Å²) in [5, 5.41) is 5.01. The van der Waals surface area contributed by atoms with Gasteiger partial charge in [-0.1, -0.05) is 6.07 Å². The van der Waals surface area contributed by atoms with E-state index in [4.69, 9.17) is 14.6 Å². The SMILES string of the molecule is CC(C)(C)OC(=O)CCOc1cccc(S(N)(=O)=O)c1. The zero-order chi connectivity index (χ0) is 15.4. The third-order valence-electron chi connectivity index (χ3n) is 2.13. The van der Waals surface area contributed by atoms with E-state index in [1.54, 1.807) is 26.8 Å². The van der Waals surface area contributed by atoms with Crippen molar-refractivity contribution in [2.45, 2.75) is 37.7 Å². The summed E-state index contributed by atoms with van der Waals surface area (Å²) in [5.74, 6) is -0.0415. The Bertz CT molecular complexity index is 575. The lowest BCUT2D eigenvalue weighted by atomic mass is 10.2. The molecule has 20 heavy (non-hydrogen) atoms. The van der Waals surface area contributed by atoms with Crippen molar-refractivity contribution in [1.29, 1.82) is 0 Å². The molecule has 0 amide bonds. The molecule has 0 radical (unpaired) electrons. The Balaban J connectivity index is 2.53. The van der Waals surface area contributed by atoms with Crippen molar-refractivity contribution < 1.29 is 22.7 Å². The number of rotatable bonds is 5. The number of nitrogens with two attached hydrogens (primary N) is 1. The molecular weight excluding hydrogens is 282 g/mol. The number of ether oxygens (including phenoxy) is 2. The van der Waals surface area contributed by atoms with Gasteiger partial charge in [0.2, 0.25) is 10.0 Å². The highest BCUT2D eigenvalue weighted by Crippen LogP contribution is 2.16. The molecule has 0 fully saturated rings. The van der Waals surface area contributed by atoms with Crippen LogP contribution >= 0.6 is 0 Å². The summed E-state index contributed by atoms with van der Waals surface area (Å²) in [6.07, 6.45) is 0.0802. The molecule has 1 rings (SSSR count). The van der Waals surface area contributed by atoms with Crippen LogP contribution in [0.5, 0.6) is 5.75 Å². The molecule has 0 aliphatic carbocycles. The van der Waals surface area contributed by atoms with E-state index >= 15 is 0 Å². The minimum absolute atomic E-state index is 0.0349. The molecule has 0 heterocycles. The van der Waals surface area contributed by atoms with E-state index in [1.807, 2.05) is 0 Å². The minimum Gasteiger partial charge on any atom is -0.493 e. The van der Waals surface area contributed by atoms with Gasteiger partial charge in [0.1, 0.15) is 11.4 Å². The van der Waals surface area contributed by atoms with Gasteiger partial charge in [-0.15, -0.1) is 0 Å². The number of benzene rings is 1. The van der Waals surface area contributed by atoms with Gasteiger partial charge in [-0.25, -0.2) is 13.6 Å². The van der Waals surface area contributed by atoms with Crippen LogP contribution in [0.25, 0.3) is 0 Å². The number of carbonyl (C=O) groups excluding carboxylic acids is 1. The first-order chi connectivity index (χ1) is 9.08. The molecule has 0 unspecified atom stereocenters. The molecule has 0 atom stereocenters. The lowest BCUT2D eigenvalue weighted by Gasteiger charge is -2.19. The van der Waals surface area contributed by atoms with E-state index < -0.39 is 15.6 Å². The lowest BCUT2D eigenvalue weighted by molar-refractivity contribution is -0.155. The number of primary sulfonamides is 1. The summed E-state index contributed by atoms with van der Waals surface area (Å²) in [6.45, 7) is 5.44. The number of hydrogen-bond donors (Lipinski definition) is 1. The van der Waals surface area contributed by atoms with Crippen LogP contribution in [0.4, 0.5) is 0 Å². The van der Waals surface area contributed by atoms with Crippen LogP contribution < -0.4 is 9.88 Å². The molecule has 1 aromatic rings. The smallest absolute Gasteiger partial charge is 0.309 e. The molecule has 112 valence electrons. The Labute approximate surface area is 118 Å². The molecule has 7 heteroatoms. The summed E-state index contributed by atoms with van der Waals surface area (Å²) in [6, 6.07) is 5.78. The Morgan fingerprint density at radius 3 is 2.50 bits per heavy atom. The first-order valence-corrected chi connectivity index (χ1v) is 7.60. The predicted octanol–water partition coefficient (Wildman–Crippen LogP) is 1.44. The number of hydrogen-bond acceptors (Lipinski definition) is 5. The maximum Gasteiger partial charge on any atom is 0.309 e. The van der Waals surface area contributed by atoms with Crippen LogP contribution in [-0.2, 0) is 19.6 Å². The number of esters is 1. The molecular formula is C13H19NO5S. The largest absolute Gasteiger partial charge is 0.493 e. The lowest BCUT2D eigenvalue weighted by Crippen LogP contribution is -2.24. The van der Waals surface area contributed by atoms with Crippen LogP contribution in [0.1, 0.15) is 27.2 Å². The fraction of sp³-hybridized carbons (Fsp3) is 0.462. The topological polar surface area (TPSA) is 95.7 Å². The average Bonchev–Trinajstić information content (AvgIpc) is 2.25. The standard InChI is InChI=1S/C13H19NO5S/c1-13(2,3)19-12(15)7-8-18-10-5-4-6-11(9-10)20(14,16)17/h4-6,9H,7-8H2,1-3H3,(H2,14,16,17). The van der Waals surface area contributed by atoms with Crippen molar-refractivity contribution in [1.82, 2.24) is 0 Å². The van der Waals surface area contributed by atoms with E-state index in [0.717, 1.165) is 0 Å². The second kappa shape index (κ2) is 6.23. The molecule has 0 aliphatic rings. The van der Waals surface area contributed by atoms with Crippen molar-refractivity contribution in [3.05, 3.63) is 24.3 Å². The monoisotopic (exact) mass is 301 g/mol. The summed E-state index contributed by atoms with van der Waals surface area (Å²) < 4.78 is 32.8. The maximum absolute atomic E-state index is 11.5.